The average Bonchev–Trinajstić information content (AvgIpc) is 2.44. The Kier molecular flexibility index (Phi) is 5.80. The molecule has 1 fully saturated rings. The van der Waals surface area contributed by atoms with Crippen LogP contribution in [0.25, 0.3) is 0 Å². The summed E-state index contributed by atoms with van der Waals surface area (Å²) in [7, 11) is 2.05. The number of likely N-dealkylation sites (N-methyl/N-ethyl adjacent to an activating group) is 1. The Morgan fingerprint density at radius 3 is 2.67 bits per heavy atom. The second-order valence-corrected chi connectivity index (χ2v) is 6.50. The van der Waals surface area contributed by atoms with E-state index in [0.717, 1.165) is 23.7 Å². The van der Waals surface area contributed by atoms with Crippen LogP contribution in [0.3, 0.4) is 0 Å². The van der Waals surface area contributed by atoms with E-state index in [1.165, 1.54) is 37.7 Å². The van der Waals surface area contributed by atoms with Crippen molar-refractivity contribution in [2.24, 2.45) is 5.92 Å². The van der Waals surface area contributed by atoms with Gasteiger partial charge in [0, 0.05) is 12.2 Å². The van der Waals surface area contributed by atoms with Crippen molar-refractivity contribution in [3.8, 4) is 0 Å². The Morgan fingerprint density at radius 1 is 1.24 bits per heavy atom. The molecule has 21 heavy (non-hydrogen) atoms. The normalized spacial score (nSPS) is 16.2. The molecule has 0 saturated heterocycles. The first-order chi connectivity index (χ1) is 10.1. The lowest BCUT2D eigenvalue weighted by Crippen LogP contribution is -2.34. The molecule has 1 amide bonds. The van der Waals surface area contributed by atoms with Crippen LogP contribution < -0.4 is 5.32 Å². The molecule has 1 aliphatic carbocycles. The van der Waals surface area contributed by atoms with Gasteiger partial charge in [0.25, 0.3) is 0 Å². The summed E-state index contributed by atoms with van der Waals surface area (Å²) >= 11 is 0. The minimum absolute atomic E-state index is 0.0852. The van der Waals surface area contributed by atoms with Crippen LogP contribution in [0.15, 0.2) is 18.2 Å². The van der Waals surface area contributed by atoms with Crippen molar-refractivity contribution in [2.75, 3.05) is 25.5 Å². The molecule has 3 heteroatoms. The molecule has 1 aliphatic rings. The lowest BCUT2D eigenvalue weighted by atomic mass is 9.89. The third-order valence-electron chi connectivity index (χ3n) is 4.59. The average molecular weight is 288 g/mol. The summed E-state index contributed by atoms with van der Waals surface area (Å²) in [6.45, 7) is 5.64. The van der Waals surface area contributed by atoms with Gasteiger partial charge in [-0.15, -0.1) is 0 Å². The lowest BCUT2D eigenvalue weighted by Gasteiger charge is -2.26. The highest BCUT2D eigenvalue weighted by atomic mass is 16.2. The van der Waals surface area contributed by atoms with E-state index < -0.39 is 0 Å². The van der Waals surface area contributed by atoms with Gasteiger partial charge >= 0.3 is 0 Å². The zero-order valence-electron chi connectivity index (χ0n) is 13.6. The first-order valence-corrected chi connectivity index (χ1v) is 8.11. The summed E-state index contributed by atoms with van der Waals surface area (Å²) in [5.74, 6) is 0.860. The zero-order chi connectivity index (χ0) is 15.2. The number of hydrogen-bond donors (Lipinski definition) is 1. The molecule has 0 radical (unpaired) electrons. The van der Waals surface area contributed by atoms with E-state index >= 15 is 0 Å². The quantitative estimate of drug-likeness (QED) is 0.895. The van der Waals surface area contributed by atoms with E-state index in [0.29, 0.717) is 6.54 Å². The SMILES string of the molecule is Cc1cccc(NC(=O)CN(C)CC2CCCCC2)c1C. The van der Waals surface area contributed by atoms with Crippen molar-refractivity contribution in [2.45, 2.75) is 46.0 Å². The van der Waals surface area contributed by atoms with E-state index in [1.54, 1.807) is 0 Å². The van der Waals surface area contributed by atoms with Crippen molar-refractivity contribution in [3.63, 3.8) is 0 Å². The maximum atomic E-state index is 12.2. The largest absolute Gasteiger partial charge is 0.325 e. The highest BCUT2D eigenvalue weighted by Crippen LogP contribution is 2.24. The van der Waals surface area contributed by atoms with Gasteiger partial charge < -0.3 is 5.32 Å². The fraction of sp³-hybridized carbons (Fsp3) is 0.611. The Labute approximate surface area is 128 Å². The predicted octanol–water partition coefficient (Wildman–Crippen LogP) is 3.75. The number of nitrogens with zero attached hydrogens (tertiary/aromatic N) is 1. The van der Waals surface area contributed by atoms with Crippen molar-refractivity contribution in [1.29, 1.82) is 0 Å². The van der Waals surface area contributed by atoms with E-state index in [4.69, 9.17) is 0 Å². The molecular formula is C18H28N2O. The molecule has 1 saturated carbocycles. The molecule has 0 bridgehead atoms. The van der Waals surface area contributed by atoms with Gasteiger partial charge in [0.05, 0.1) is 6.54 Å². The van der Waals surface area contributed by atoms with Crippen LogP contribution in [0, 0.1) is 19.8 Å². The number of carbonyl (C=O) groups excluding carboxylic acids is 1. The Morgan fingerprint density at radius 2 is 1.95 bits per heavy atom. The molecule has 0 aliphatic heterocycles. The number of carbonyl (C=O) groups is 1. The van der Waals surface area contributed by atoms with Gasteiger partial charge in [-0.1, -0.05) is 31.4 Å². The zero-order valence-corrected chi connectivity index (χ0v) is 13.6. The van der Waals surface area contributed by atoms with E-state index in [1.807, 2.05) is 12.1 Å². The van der Waals surface area contributed by atoms with Gasteiger partial charge in [-0.2, -0.15) is 0 Å². The van der Waals surface area contributed by atoms with Gasteiger partial charge in [-0.25, -0.2) is 0 Å². The van der Waals surface area contributed by atoms with E-state index in [2.05, 4.69) is 37.2 Å². The maximum absolute atomic E-state index is 12.2. The van der Waals surface area contributed by atoms with E-state index in [9.17, 15) is 4.79 Å². The van der Waals surface area contributed by atoms with Crippen LogP contribution in [0.5, 0.6) is 0 Å². The van der Waals surface area contributed by atoms with Crippen molar-refractivity contribution in [3.05, 3.63) is 29.3 Å². The summed E-state index contributed by atoms with van der Waals surface area (Å²) in [4.78, 5) is 14.3. The first-order valence-electron chi connectivity index (χ1n) is 8.11. The predicted molar refractivity (Wildman–Crippen MR) is 88.6 cm³/mol. The number of aryl methyl sites for hydroxylation is 1. The molecule has 1 aromatic carbocycles. The number of rotatable bonds is 5. The molecule has 116 valence electrons. The molecule has 1 aromatic rings. The third kappa shape index (κ3) is 4.85. The highest BCUT2D eigenvalue weighted by molar-refractivity contribution is 5.93. The molecule has 2 rings (SSSR count). The van der Waals surface area contributed by atoms with Crippen molar-refractivity contribution < 1.29 is 4.79 Å². The maximum Gasteiger partial charge on any atom is 0.238 e. The highest BCUT2D eigenvalue weighted by Gasteiger charge is 2.17. The summed E-state index contributed by atoms with van der Waals surface area (Å²) in [6, 6.07) is 6.03. The number of amides is 1. The first kappa shape index (κ1) is 16.0. The third-order valence-corrected chi connectivity index (χ3v) is 4.59. The van der Waals surface area contributed by atoms with Crippen molar-refractivity contribution >= 4 is 11.6 Å². The summed E-state index contributed by atoms with van der Waals surface area (Å²) < 4.78 is 0. The standard InChI is InChI=1S/C18H28N2O/c1-14-8-7-11-17(15(14)2)19-18(21)13-20(3)12-16-9-5-4-6-10-16/h7-8,11,16H,4-6,9-10,12-13H2,1-3H3,(H,19,21). The number of nitrogens with one attached hydrogen (secondary N) is 1. The Hall–Kier alpha value is -1.35. The van der Waals surface area contributed by atoms with Gasteiger partial charge in [0.15, 0.2) is 0 Å². The monoisotopic (exact) mass is 288 g/mol. The summed E-state index contributed by atoms with van der Waals surface area (Å²) in [5.41, 5.74) is 3.30. The molecule has 0 atom stereocenters. The fourth-order valence-electron chi connectivity index (χ4n) is 3.20. The van der Waals surface area contributed by atoms with Gasteiger partial charge in [0.1, 0.15) is 0 Å². The Bertz CT molecular complexity index is 478. The van der Waals surface area contributed by atoms with Crippen LogP contribution in [0.4, 0.5) is 5.69 Å². The minimum atomic E-state index is 0.0852. The molecular weight excluding hydrogens is 260 g/mol. The molecule has 0 spiro atoms. The lowest BCUT2D eigenvalue weighted by molar-refractivity contribution is -0.117. The smallest absolute Gasteiger partial charge is 0.238 e. The fourth-order valence-corrected chi connectivity index (χ4v) is 3.20. The number of benzene rings is 1. The summed E-state index contributed by atoms with van der Waals surface area (Å²) in [6.07, 6.45) is 6.74. The van der Waals surface area contributed by atoms with Crippen LogP contribution >= 0.6 is 0 Å². The molecule has 1 N–H and O–H groups in total. The summed E-state index contributed by atoms with van der Waals surface area (Å²) in [5, 5.41) is 3.04. The van der Waals surface area contributed by atoms with Crippen LogP contribution in [-0.4, -0.2) is 30.9 Å². The van der Waals surface area contributed by atoms with Crippen LogP contribution in [-0.2, 0) is 4.79 Å². The number of hydrogen-bond acceptors (Lipinski definition) is 2. The van der Waals surface area contributed by atoms with Crippen LogP contribution in [0.2, 0.25) is 0 Å². The van der Waals surface area contributed by atoms with Crippen LogP contribution in [0.1, 0.15) is 43.2 Å². The Balaban J connectivity index is 1.82. The van der Waals surface area contributed by atoms with Gasteiger partial charge in [-0.3, -0.25) is 9.69 Å². The molecule has 0 unspecified atom stereocenters. The topological polar surface area (TPSA) is 32.3 Å². The van der Waals surface area contributed by atoms with Gasteiger partial charge in [-0.05, 0) is 56.8 Å². The number of anilines is 1. The van der Waals surface area contributed by atoms with E-state index in [-0.39, 0.29) is 5.91 Å². The second kappa shape index (κ2) is 7.60. The second-order valence-electron chi connectivity index (χ2n) is 6.50. The molecule has 3 nitrogen and oxygen atoms in total. The van der Waals surface area contributed by atoms with Gasteiger partial charge in [0.2, 0.25) is 5.91 Å². The van der Waals surface area contributed by atoms with Crippen molar-refractivity contribution in [1.82, 2.24) is 4.90 Å². The molecule has 0 heterocycles. The molecule has 0 aromatic heterocycles. The minimum Gasteiger partial charge on any atom is -0.325 e.